The van der Waals surface area contributed by atoms with Crippen molar-refractivity contribution in [3.05, 3.63) is 47.9 Å². The van der Waals surface area contributed by atoms with Gasteiger partial charge in [-0.3, -0.25) is 0 Å². The summed E-state index contributed by atoms with van der Waals surface area (Å²) in [6, 6.07) is 7.14. The van der Waals surface area contributed by atoms with E-state index in [2.05, 4.69) is 10.0 Å². The standard InChI is InChI=1S/C15H18N2O6S/c1-22-8-6-16-13-5-4-11(15(18)19)9-14(13)24(20,21)17-10-12-3-2-7-23-12/h2-5,7,9,16-17H,6,8,10H2,1H3,(H,18,19). The van der Waals surface area contributed by atoms with E-state index in [4.69, 9.17) is 14.3 Å². The fraction of sp³-hybridized carbons (Fsp3) is 0.267. The first-order chi connectivity index (χ1) is 11.4. The molecule has 0 aliphatic carbocycles. The summed E-state index contributed by atoms with van der Waals surface area (Å²) in [5.74, 6) is -0.761. The molecule has 8 nitrogen and oxygen atoms in total. The van der Waals surface area contributed by atoms with Crippen LogP contribution < -0.4 is 10.0 Å². The second-order valence-electron chi connectivity index (χ2n) is 4.84. The summed E-state index contributed by atoms with van der Waals surface area (Å²) < 4.78 is 37.5. The topological polar surface area (TPSA) is 118 Å². The van der Waals surface area contributed by atoms with E-state index in [0.717, 1.165) is 6.07 Å². The number of carboxylic acids is 1. The fourth-order valence-electron chi connectivity index (χ4n) is 1.97. The lowest BCUT2D eigenvalue weighted by Gasteiger charge is -2.13. The molecule has 0 saturated heterocycles. The number of carbonyl (C=O) groups is 1. The molecule has 24 heavy (non-hydrogen) atoms. The van der Waals surface area contributed by atoms with E-state index in [0.29, 0.717) is 24.6 Å². The van der Waals surface area contributed by atoms with Gasteiger partial charge in [0.2, 0.25) is 10.0 Å². The Morgan fingerprint density at radius 2 is 2.12 bits per heavy atom. The van der Waals surface area contributed by atoms with E-state index < -0.39 is 16.0 Å². The molecule has 0 bridgehead atoms. The van der Waals surface area contributed by atoms with Crippen molar-refractivity contribution in [3.8, 4) is 0 Å². The van der Waals surface area contributed by atoms with Crippen LogP contribution in [0.4, 0.5) is 5.69 Å². The van der Waals surface area contributed by atoms with Crippen molar-refractivity contribution in [2.75, 3.05) is 25.6 Å². The van der Waals surface area contributed by atoms with Crippen LogP contribution >= 0.6 is 0 Å². The highest BCUT2D eigenvalue weighted by atomic mass is 32.2. The molecule has 0 fully saturated rings. The monoisotopic (exact) mass is 354 g/mol. The van der Waals surface area contributed by atoms with Gasteiger partial charge < -0.3 is 19.6 Å². The normalized spacial score (nSPS) is 11.4. The Morgan fingerprint density at radius 3 is 2.75 bits per heavy atom. The molecule has 0 amide bonds. The number of sulfonamides is 1. The third-order valence-corrected chi connectivity index (χ3v) is 4.60. The highest BCUT2D eigenvalue weighted by Gasteiger charge is 2.21. The van der Waals surface area contributed by atoms with E-state index >= 15 is 0 Å². The van der Waals surface area contributed by atoms with Crippen molar-refractivity contribution < 1.29 is 27.5 Å². The Bertz CT molecular complexity index is 786. The molecule has 2 rings (SSSR count). The number of rotatable bonds is 9. The van der Waals surface area contributed by atoms with E-state index in [-0.39, 0.29) is 17.0 Å². The average molecular weight is 354 g/mol. The van der Waals surface area contributed by atoms with E-state index in [1.165, 1.54) is 25.5 Å². The van der Waals surface area contributed by atoms with Crippen LogP contribution in [0.15, 0.2) is 45.9 Å². The van der Waals surface area contributed by atoms with Crippen LogP contribution in [0, 0.1) is 0 Å². The van der Waals surface area contributed by atoms with Gasteiger partial charge in [0.05, 0.1) is 30.7 Å². The SMILES string of the molecule is COCCNc1ccc(C(=O)O)cc1S(=O)(=O)NCc1ccco1. The zero-order valence-corrected chi connectivity index (χ0v) is 13.8. The maximum absolute atomic E-state index is 12.5. The van der Waals surface area contributed by atoms with Crippen LogP contribution in [0.3, 0.4) is 0 Å². The molecule has 0 spiro atoms. The molecule has 2 aromatic rings. The van der Waals surface area contributed by atoms with Crippen LogP contribution in [-0.4, -0.2) is 39.8 Å². The van der Waals surface area contributed by atoms with Gasteiger partial charge in [-0.25, -0.2) is 17.9 Å². The lowest BCUT2D eigenvalue weighted by atomic mass is 10.2. The molecule has 0 saturated carbocycles. The molecule has 9 heteroatoms. The maximum Gasteiger partial charge on any atom is 0.335 e. The number of hydrogen-bond acceptors (Lipinski definition) is 6. The lowest BCUT2D eigenvalue weighted by Crippen LogP contribution is -2.25. The van der Waals surface area contributed by atoms with Crippen molar-refractivity contribution in [3.63, 3.8) is 0 Å². The summed E-state index contributed by atoms with van der Waals surface area (Å²) >= 11 is 0. The molecule has 1 heterocycles. The molecule has 130 valence electrons. The number of ether oxygens (including phenoxy) is 1. The van der Waals surface area contributed by atoms with Gasteiger partial charge in [-0.15, -0.1) is 0 Å². The van der Waals surface area contributed by atoms with Crippen molar-refractivity contribution in [1.29, 1.82) is 0 Å². The minimum Gasteiger partial charge on any atom is -0.478 e. The minimum absolute atomic E-state index is 0.0376. The second kappa shape index (κ2) is 7.95. The molecular weight excluding hydrogens is 336 g/mol. The van der Waals surface area contributed by atoms with Gasteiger partial charge in [0.15, 0.2) is 0 Å². The molecule has 1 aromatic heterocycles. The van der Waals surface area contributed by atoms with Crippen LogP contribution in [0.25, 0.3) is 0 Å². The average Bonchev–Trinajstić information content (AvgIpc) is 3.07. The smallest absolute Gasteiger partial charge is 0.335 e. The molecule has 0 aliphatic heterocycles. The molecule has 0 unspecified atom stereocenters. The number of anilines is 1. The molecular formula is C15H18N2O6S. The number of carboxylic acid groups (broad SMARTS) is 1. The summed E-state index contributed by atoms with van der Waals surface area (Å²) in [6.45, 7) is 0.716. The summed E-state index contributed by atoms with van der Waals surface area (Å²) in [7, 11) is -2.41. The number of benzene rings is 1. The first-order valence-electron chi connectivity index (χ1n) is 7.06. The van der Waals surface area contributed by atoms with Gasteiger partial charge in [0.1, 0.15) is 10.7 Å². The molecule has 1 aromatic carbocycles. The Morgan fingerprint density at radius 1 is 1.33 bits per heavy atom. The van der Waals surface area contributed by atoms with Crippen molar-refractivity contribution >= 4 is 21.7 Å². The Labute approximate surface area is 139 Å². The Balaban J connectivity index is 2.28. The van der Waals surface area contributed by atoms with Gasteiger partial charge in [-0.05, 0) is 30.3 Å². The predicted molar refractivity (Wildman–Crippen MR) is 86.5 cm³/mol. The highest BCUT2D eigenvalue weighted by Crippen LogP contribution is 2.23. The molecule has 0 aliphatic rings. The molecule has 3 N–H and O–H groups in total. The summed E-state index contributed by atoms with van der Waals surface area (Å²) in [6.07, 6.45) is 1.44. The van der Waals surface area contributed by atoms with E-state index in [1.807, 2.05) is 0 Å². The van der Waals surface area contributed by atoms with Crippen molar-refractivity contribution in [2.45, 2.75) is 11.4 Å². The first kappa shape index (κ1) is 18.0. The summed E-state index contributed by atoms with van der Waals surface area (Å²) in [5.41, 5.74) is 0.176. The largest absolute Gasteiger partial charge is 0.478 e. The zero-order valence-electron chi connectivity index (χ0n) is 13.0. The zero-order chi connectivity index (χ0) is 17.6. The van der Waals surface area contributed by atoms with Crippen molar-refractivity contribution in [2.24, 2.45) is 0 Å². The summed E-state index contributed by atoms with van der Waals surface area (Å²) in [4.78, 5) is 11.0. The number of nitrogens with one attached hydrogen (secondary N) is 2. The quantitative estimate of drug-likeness (QED) is 0.584. The third-order valence-electron chi connectivity index (χ3n) is 3.16. The number of hydrogen-bond donors (Lipinski definition) is 3. The van der Waals surface area contributed by atoms with Gasteiger partial charge in [-0.1, -0.05) is 0 Å². The van der Waals surface area contributed by atoms with Crippen LogP contribution in [0.1, 0.15) is 16.1 Å². The van der Waals surface area contributed by atoms with Gasteiger partial charge in [0.25, 0.3) is 0 Å². The molecule has 0 radical (unpaired) electrons. The van der Waals surface area contributed by atoms with Crippen LogP contribution in [0.2, 0.25) is 0 Å². The van der Waals surface area contributed by atoms with Crippen molar-refractivity contribution in [1.82, 2.24) is 4.72 Å². The third kappa shape index (κ3) is 4.57. The molecule has 0 atom stereocenters. The van der Waals surface area contributed by atoms with Crippen LogP contribution in [-0.2, 0) is 21.3 Å². The number of aromatic carboxylic acids is 1. The van der Waals surface area contributed by atoms with E-state index in [1.54, 1.807) is 12.1 Å². The number of methoxy groups -OCH3 is 1. The van der Waals surface area contributed by atoms with Gasteiger partial charge in [-0.2, -0.15) is 0 Å². The highest BCUT2D eigenvalue weighted by molar-refractivity contribution is 7.89. The summed E-state index contributed by atoms with van der Waals surface area (Å²) in [5, 5.41) is 12.0. The lowest BCUT2D eigenvalue weighted by molar-refractivity contribution is 0.0696. The Kier molecular flexibility index (Phi) is 5.96. The van der Waals surface area contributed by atoms with Gasteiger partial charge in [0, 0.05) is 13.7 Å². The maximum atomic E-state index is 12.5. The second-order valence-corrected chi connectivity index (χ2v) is 6.57. The van der Waals surface area contributed by atoms with Crippen LogP contribution in [0.5, 0.6) is 0 Å². The van der Waals surface area contributed by atoms with Gasteiger partial charge >= 0.3 is 5.97 Å². The number of furan rings is 1. The predicted octanol–water partition coefficient (Wildman–Crippen LogP) is 1.51. The van der Waals surface area contributed by atoms with E-state index in [9.17, 15) is 13.2 Å². The fourth-order valence-corrected chi connectivity index (χ4v) is 3.17. The first-order valence-corrected chi connectivity index (χ1v) is 8.54. The Hall–Kier alpha value is -2.36. The minimum atomic E-state index is -3.94.